The summed E-state index contributed by atoms with van der Waals surface area (Å²) in [6.07, 6.45) is 3.18. The van der Waals surface area contributed by atoms with E-state index in [0.29, 0.717) is 37.8 Å². The molecule has 4 N–H and O–H groups in total. The molecule has 1 unspecified atom stereocenters. The number of nitrogens with zero attached hydrogens (tertiary/aromatic N) is 4. The van der Waals surface area contributed by atoms with E-state index in [-0.39, 0.29) is 35.9 Å². The fraction of sp³-hybridized carbons (Fsp3) is 0.439. The average molecular weight is 750 g/mol. The van der Waals surface area contributed by atoms with Crippen LogP contribution in [0.2, 0.25) is 0 Å². The maximum atomic E-state index is 14.0. The molecule has 3 aliphatic heterocycles. The molecule has 6 atom stereocenters. The number of rotatable bonds is 9. The van der Waals surface area contributed by atoms with Crippen LogP contribution in [0, 0.1) is 11.8 Å². The number of imidazole rings is 2. The Hall–Kier alpha value is -5.63. The van der Waals surface area contributed by atoms with Crippen molar-refractivity contribution >= 4 is 39.9 Å². The summed E-state index contributed by atoms with van der Waals surface area (Å²) in [7, 11) is 2.94. The number of hydrogen-bond acceptors (Lipinski definition) is 8. The lowest BCUT2D eigenvalue weighted by molar-refractivity contribution is -0.137. The molecular weight excluding hydrogens is 702 g/mol. The largest absolute Gasteiger partial charge is 0.488 e. The third kappa shape index (κ3) is 6.51. The molecule has 3 aromatic carbocycles. The minimum absolute atomic E-state index is 0.0102. The number of carbonyl (C=O) groups excluding carboxylic acids is 2. The smallest absolute Gasteiger partial charge is 0.407 e. The van der Waals surface area contributed by atoms with Crippen LogP contribution >= 0.6 is 0 Å². The Morgan fingerprint density at radius 3 is 2.65 bits per heavy atom. The van der Waals surface area contributed by atoms with E-state index in [1.807, 2.05) is 50.1 Å². The fourth-order valence-corrected chi connectivity index (χ4v) is 8.69. The van der Waals surface area contributed by atoms with Gasteiger partial charge in [0.1, 0.15) is 30.0 Å². The zero-order chi connectivity index (χ0) is 38.5. The molecule has 14 heteroatoms. The van der Waals surface area contributed by atoms with E-state index >= 15 is 0 Å². The van der Waals surface area contributed by atoms with Crippen LogP contribution in [0.3, 0.4) is 0 Å². The second-order valence-electron chi connectivity index (χ2n) is 15.2. The molecule has 0 saturated carbocycles. The van der Waals surface area contributed by atoms with E-state index in [1.165, 1.54) is 12.0 Å². The lowest BCUT2D eigenvalue weighted by Crippen LogP contribution is -2.53. The van der Waals surface area contributed by atoms with E-state index in [4.69, 9.17) is 24.2 Å². The van der Waals surface area contributed by atoms with Gasteiger partial charge < -0.3 is 39.5 Å². The van der Waals surface area contributed by atoms with Crippen LogP contribution in [-0.4, -0.2) is 92.4 Å². The number of fused-ring (bicyclic) bond motifs is 6. The zero-order valence-electron chi connectivity index (χ0n) is 31.7. The Kier molecular flexibility index (Phi) is 9.62. The lowest BCUT2D eigenvalue weighted by Gasteiger charge is -2.33. The van der Waals surface area contributed by atoms with Gasteiger partial charge in [0.15, 0.2) is 0 Å². The monoisotopic (exact) mass is 749 g/mol. The second-order valence-corrected chi connectivity index (χ2v) is 15.2. The van der Waals surface area contributed by atoms with Gasteiger partial charge in [0.25, 0.3) is 0 Å². The Bertz CT molecular complexity index is 2280. The van der Waals surface area contributed by atoms with Gasteiger partial charge in [-0.2, -0.15) is 0 Å². The Balaban J connectivity index is 1.05. The molecule has 0 aliphatic carbocycles. The molecule has 0 bridgehead atoms. The molecule has 14 nitrogen and oxygen atoms in total. The first-order valence-electron chi connectivity index (χ1n) is 19.0. The van der Waals surface area contributed by atoms with Gasteiger partial charge in [-0.15, -0.1) is 0 Å². The van der Waals surface area contributed by atoms with Crippen LogP contribution in [0.4, 0.5) is 9.59 Å². The van der Waals surface area contributed by atoms with E-state index in [0.717, 1.165) is 74.8 Å². The van der Waals surface area contributed by atoms with E-state index < -0.39 is 18.2 Å². The van der Waals surface area contributed by atoms with Gasteiger partial charge >= 0.3 is 12.2 Å². The predicted octanol–water partition coefficient (Wildman–Crippen LogP) is 7.18. The summed E-state index contributed by atoms with van der Waals surface area (Å²) in [5.74, 6) is 2.02. The summed E-state index contributed by atoms with van der Waals surface area (Å²) in [4.78, 5) is 58.1. The van der Waals surface area contributed by atoms with Crippen molar-refractivity contribution in [2.45, 2.75) is 77.2 Å². The first-order valence-corrected chi connectivity index (χ1v) is 19.0. The van der Waals surface area contributed by atoms with Crippen LogP contribution in [0.15, 0.2) is 48.7 Å². The zero-order valence-corrected chi connectivity index (χ0v) is 31.7. The number of carbonyl (C=O) groups is 3. The van der Waals surface area contributed by atoms with Crippen molar-refractivity contribution in [3.63, 3.8) is 0 Å². The number of methoxy groups -OCH3 is 2. The number of hydrogen-bond donors (Lipinski definition) is 4. The molecule has 2 saturated heterocycles. The number of amides is 3. The molecule has 55 heavy (non-hydrogen) atoms. The summed E-state index contributed by atoms with van der Waals surface area (Å²) in [5.41, 5.74) is 6.54. The molecule has 3 aliphatic rings. The molecule has 288 valence electrons. The number of nitrogens with one attached hydrogen (secondary N) is 3. The molecular formula is C41H47N7O7. The minimum atomic E-state index is -0.963. The third-order valence-corrected chi connectivity index (χ3v) is 11.8. The van der Waals surface area contributed by atoms with Crippen LogP contribution in [0.1, 0.15) is 75.8 Å². The molecule has 5 aromatic rings. The predicted molar refractivity (Wildman–Crippen MR) is 205 cm³/mol. The van der Waals surface area contributed by atoms with Crippen molar-refractivity contribution in [3.8, 4) is 28.1 Å². The number of aromatic amines is 2. The number of aromatic nitrogens is 4. The van der Waals surface area contributed by atoms with Gasteiger partial charge in [-0.1, -0.05) is 38.5 Å². The van der Waals surface area contributed by atoms with Gasteiger partial charge in [0.2, 0.25) is 5.91 Å². The number of ether oxygens (including phenoxy) is 3. The van der Waals surface area contributed by atoms with Gasteiger partial charge in [-0.3, -0.25) is 9.69 Å². The molecule has 2 aromatic heterocycles. The minimum Gasteiger partial charge on any atom is -0.488 e. The number of benzene rings is 3. The highest BCUT2D eigenvalue weighted by Gasteiger charge is 2.42. The van der Waals surface area contributed by atoms with Gasteiger partial charge in [-0.25, -0.2) is 19.6 Å². The Morgan fingerprint density at radius 1 is 1.05 bits per heavy atom. The molecule has 0 spiro atoms. The van der Waals surface area contributed by atoms with Crippen LogP contribution in [0.25, 0.3) is 44.2 Å². The van der Waals surface area contributed by atoms with E-state index in [1.54, 1.807) is 7.11 Å². The van der Waals surface area contributed by atoms with Crippen molar-refractivity contribution in [2.75, 3.05) is 27.4 Å². The van der Waals surface area contributed by atoms with Crippen molar-refractivity contribution in [1.29, 1.82) is 0 Å². The molecule has 2 fully saturated rings. The standard InChI is InChI=1S/C41H47N7O7/c1-6-21(2)35(46-40(50)54-5)39(49)48-22(3)7-12-32(48)37-42-17-31(44-37)25-8-10-27-26(14-25)20-55-34-16-28-24(15-29(27)34)9-11-30-36(28)45-38(43-30)33-13-23(19-53-4)18-47(33)41(51)52/h8-11,14-17,21-23,32-33,35H,6-7,12-13,18-20H2,1-5H3,(H,42,44)(H,43,45)(H,46,50)(H,51,52)/t21?,22-,23-,32-,33-,35-/m0/s1. The van der Waals surface area contributed by atoms with Crippen LogP contribution < -0.4 is 10.1 Å². The SMILES string of the molecule is CCC(C)[C@H](NC(=O)OC)C(=O)N1[C@@H](C)CC[C@H]1c1ncc(-c2ccc3c(c2)COc2cc4c(ccc5nc([C@@H]6C[C@H](COC)CN6C(=O)O)[nH]c54)cc2-3)[nH]1. The van der Waals surface area contributed by atoms with Gasteiger partial charge in [0.05, 0.1) is 48.7 Å². The molecule has 5 heterocycles. The van der Waals surface area contributed by atoms with Crippen LogP contribution in [0.5, 0.6) is 5.75 Å². The number of H-pyrrole nitrogens is 2. The summed E-state index contributed by atoms with van der Waals surface area (Å²) in [6.45, 7) is 7.29. The quantitative estimate of drug-likeness (QED) is 0.122. The van der Waals surface area contributed by atoms with Crippen molar-refractivity contribution in [1.82, 2.24) is 35.1 Å². The number of alkyl carbamates (subject to hydrolysis) is 1. The maximum Gasteiger partial charge on any atom is 0.407 e. The Morgan fingerprint density at radius 2 is 1.89 bits per heavy atom. The van der Waals surface area contributed by atoms with Crippen molar-refractivity contribution in [3.05, 3.63) is 65.9 Å². The average Bonchev–Trinajstić information content (AvgIpc) is 4.01. The lowest BCUT2D eigenvalue weighted by atomic mass is 9.92. The third-order valence-electron chi connectivity index (χ3n) is 11.8. The highest BCUT2D eigenvalue weighted by atomic mass is 16.5. The molecule has 0 radical (unpaired) electrons. The molecule has 8 rings (SSSR count). The maximum absolute atomic E-state index is 14.0. The van der Waals surface area contributed by atoms with E-state index in [9.17, 15) is 19.5 Å². The van der Waals surface area contributed by atoms with Crippen molar-refractivity contribution in [2.24, 2.45) is 11.8 Å². The summed E-state index contributed by atoms with van der Waals surface area (Å²) in [5, 5.41) is 14.7. The highest BCUT2D eigenvalue weighted by molar-refractivity contribution is 6.07. The summed E-state index contributed by atoms with van der Waals surface area (Å²) >= 11 is 0. The topological polar surface area (TPSA) is 175 Å². The normalized spacial score (nSPS) is 21.6. The fourth-order valence-electron chi connectivity index (χ4n) is 8.69. The van der Waals surface area contributed by atoms with Gasteiger partial charge in [0, 0.05) is 36.6 Å². The number of carboxylic acid groups (broad SMARTS) is 1. The molecule has 3 amide bonds. The first kappa shape index (κ1) is 36.4. The highest BCUT2D eigenvalue weighted by Crippen LogP contribution is 2.44. The van der Waals surface area contributed by atoms with Crippen molar-refractivity contribution < 1.29 is 33.7 Å². The second kappa shape index (κ2) is 14.5. The van der Waals surface area contributed by atoms with E-state index in [2.05, 4.69) is 39.6 Å². The first-order chi connectivity index (χ1) is 26.6. The number of likely N-dealkylation sites (tertiary alicyclic amines) is 2. The van der Waals surface area contributed by atoms with Gasteiger partial charge in [-0.05, 0) is 78.4 Å². The summed E-state index contributed by atoms with van der Waals surface area (Å²) in [6, 6.07) is 13.2. The van der Waals surface area contributed by atoms with Crippen LogP contribution in [-0.2, 0) is 20.9 Å². The summed E-state index contributed by atoms with van der Waals surface area (Å²) < 4.78 is 16.5. The Labute approximate surface area is 318 Å².